The highest BCUT2D eigenvalue weighted by atomic mass is 15.0. The van der Waals surface area contributed by atoms with Crippen LogP contribution in [-0.2, 0) is 5.41 Å². The Bertz CT molecular complexity index is 4180. The van der Waals surface area contributed by atoms with Crippen LogP contribution in [0.4, 0.5) is 0 Å². The van der Waals surface area contributed by atoms with Crippen molar-refractivity contribution >= 4 is 54.4 Å². The van der Waals surface area contributed by atoms with E-state index in [9.17, 15) is 0 Å². The summed E-state index contributed by atoms with van der Waals surface area (Å²) in [6.45, 7) is 4.77. The monoisotopic (exact) mass is 878 g/mol. The highest BCUT2D eigenvalue weighted by Crippen LogP contribution is 2.51. The molecule has 0 spiro atoms. The summed E-state index contributed by atoms with van der Waals surface area (Å²) in [4.78, 5) is 0. The van der Waals surface area contributed by atoms with Gasteiger partial charge in [-0.2, -0.15) is 0 Å². The first kappa shape index (κ1) is 39.4. The van der Waals surface area contributed by atoms with Crippen LogP contribution in [0.3, 0.4) is 0 Å². The summed E-state index contributed by atoms with van der Waals surface area (Å²) >= 11 is 0. The van der Waals surface area contributed by atoms with Crippen LogP contribution in [0.1, 0.15) is 25.0 Å². The molecule has 0 unspecified atom stereocenters. The first-order valence-corrected chi connectivity index (χ1v) is 24.1. The quantitative estimate of drug-likeness (QED) is 0.157. The topological polar surface area (TPSA) is 9.86 Å². The molecule has 14 rings (SSSR count). The van der Waals surface area contributed by atoms with Gasteiger partial charge in [-0.3, -0.25) is 0 Å². The second-order valence-corrected chi connectivity index (χ2v) is 19.3. The lowest BCUT2D eigenvalue weighted by atomic mass is 9.80. The van der Waals surface area contributed by atoms with Gasteiger partial charge >= 0.3 is 0 Å². The molecule has 2 aromatic heterocycles. The minimum absolute atomic E-state index is 0.147. The standard InChI is InChI=1S/C67H46N2/c1-67(2)60-41-50(45-27-23-43(24-28-45)48-33-37-65-58(39-48)56-18-8-10-20-63(56)68(65)52-15-4-3-5-16-52)31-35-54(60)55-36-32-51(42-61(55)67)46-29-25-44(26-30-46)49-34-38-66-59(40-49)57-19-9-11-21-64(57)69(66)62-22-12-14-47-13-6-7-17-53(47)62/h3-42H,1-2H3. The summed E-state index contributed by atoms with van der Waals surface area (Å²) in [5.41, 5.74) is 22.3. The molecular formula is C67H46N2. The minimum Gasteiger partial charge on any atom is -0.309 e. The van der Waals surface area contributed by atoms with Gasteiger partial charge in [0.25, 0.3) is 0 Å². The molecule has 0 N–H and O–H groups in total. The van der Waals surface area contributed by atoms with Gasteiger partial charge in [0, 0.05) is 38.0 Å². The van der Waals surface area contributed by atoms with E-state index in [0.717, 1.165) is 0 Å². The third-order valence-electron chi connectivity index (χ3n) is 15.1. The molecule has 324 valence electrons. The first-order chi connectivity index (χ1) is 34.0. The van der Waals surface area contributed by atoms with E-state index < -0.39 is 0 Å². The molecule has 0 atom stereocenters. The van der Waals surface area contributed by atoms with Crippen molar-refractivity contribution in [2.24, 2.45) is 0 Å². The van der Waals surface area contributed by atoms with Crippen LogP contribution in [0.25, 0.3) is 121 Å². The molecule has 0 aliphatic heterocycles. The minimum atomic E-state index is -0.147. The molecule has 69 heavy (non-hydrogen) atoms. The number of hydrogen-bond donors (Lipinski definition) is 0. The molecule has 0 amide bonds. The van der Waals surface area contributed by atoms with Crippen molar-refractivity contribution in [3.63, 3.8) is 0 Å². The van der Waals surface area contributed by atoms with E-state index in [-0.39, 0.29) is 5.41 Å². The van der Waals surface area contributed by atoms with Crippen molar-refractivity contribution in [2.45, 2.75) is 19.3 Å². The number of fused-ring (bicyclic) bond motifs is 10. The van der Waals surface area contributed by atoms with Crippen molar-refractivity contribution < 1.29 is 0 Å². The normalized spacial score (nSPS) is 12.9. The van der Waals surface area contributed by atoms with Gasteiger partial charge in [-0.15, -0.1) is 0 Å². The highest BCUT2D eigenvalue weighted by Gasteiger charge is 2.36. The van der Waals surface area contributed by atoms with E-state index in [2.05, 4.69) is 266 Å². The Labute approximate surface area is 401 Å². The Balaban J connectivity index is 0.744. The average molecular weight is 879 g/mol. The average Bonchev–Trinajstić information content (AvgIpc) is 4.00. The fourth-order valence-electron chi connectivity index (χ4n) is 11.6. The molecular weight excluding hydrogens is 833 g/mol. The van der Waals surface area contributed by atoms with Gasteiger partial charge in [-0.05, 0) is 139 Å². The van der Waals surface area contributed by atoms with Gasteiger partial charge in [-0.1, -0.05) is 190 Å². The van der Waals surface area contributed by atoms with E-state index in [0.29, 0.717) is 0 Å². The van der Waals surface area contributed by atoms with Crippen LogP contribution in [0.2, 0.25) is 0 Å². The summed E-state index contributed by atoms with van der Waals surface area (Å²) in [5.74, 6) is 0. The van der Waals surface area contributed by atoms with Crippen molar-refractivity contribution in [3.05, 3.63) is 254 Å². The number of para-hydroxylation sites is 3. The number of hydrogen-bond acceptors (Lipinski definition) is 0. The molecule has 13 aromatic rings. The Morgan fingerprint density at radius 3 is 1.22 bits per heavy atom. The third kappa shape index (κ3) is 6.12. The van der Waals surface area contributed by atoms with Crippen LogP contribution >= 0.6 is 0 Å². The van der Waals surface area contributed by atoms with Gasteiger partial charge in [0.2, 0.25) is 0 Å². The number of rotatable bonds is 6. The predicted octanol–water partition coefficient (Wildman–Crippen LogP) is 18.0. The van der Waals surface area contributed by atoms with E-state index in [1.807, 2.05) is 0 Å². The maximum Gasteiger partial charge on any atom is 0.0541 e. The summed E-state index contributed by atoms with van der Waals surface area (Å²) in [7, 11) is 0. The van der Waals surface area contributed by atoms with Crippen molar-refractivity contribution in [2.75, 3.05) is 0 Å². The third-order valence-corrected chi connectivity index (χ3v) is 15.1. The van der Waals surface area contributed by atoms with E-state index in [4.69, 9.17) is 0 Å². The van der Waals surface area contributed by atoms with Gasteiger partial charge < -0.3 is 9.13 Å². The highest BCUT2D eigenvalue weighted by molar-refractivity contribution is 6.12. The second kappa shape index (κ2) is 15.2. The molecule has 11 aromatic carbocycles. The SMILES string of the molecule is CC1(C)c2cc(-c3ccc(-c4ccc5c(c4)c4ccccc4n5-c4ccccc4)cc3)ccc2-c2ccc(-c3ccc(-c4ccc5c(c4)c4ccccc4n5-c4cccc5ccccc45)cc3)cc21. The lowest BCUT2D eigenvalue weighted by Crippen LogP contribution is -2.15. The molecule has 2 nitrogen and oxygen atoms in total. The summed E-state index contributed by atoms with van der Waals surface area (Å²) in [5, 5.41) is 7.56. The zero-order valence-corrected chi connectivity index (χ0v) is 38.5. The lowest BCUT2D eigenvalue weighted by Gasteiger charge is -2.22. The van der Waals surface area contributed by atoms with E-state index in [1.54, 1.807) is 0 Å². The summed E-state index contributed by atoms with van der Waals surface area (Å²) < 4.78 is 4.80. The lowest BCUT2D eigenvalue weighted by molar-refractivity contribution is 0.661. The van der Waals surface area contributed by atoms with Crippen molar-refractivity contribution in [3.8, 4) is 67.0 Å². The van der Waals surface area contributed by atoms with E-state index >= 15 is 0 Å². The fourth-order valence-corrected chi connectivity index (χ4v) is 11.6. The second-order valence-electron chi connectivity index (χ2n) is 19.3. The van der Waals surface area contributed by atoms with Crippen LogP contribution < -0.4 is 0 Å². The first-order valence-electron chi connectivity index (χ1n) is 24.1. The zero-order valence-electron chi connectivity index (χ0n) is 38.5. The van der Waals surface area contributed by atoms with Crippen molar-refractivity contribution in [1.29, 1.82) is 0 Å². The maximum atomic E-state index is 2.43. The molecule has 0 radical (unpaired) electrons. The van der Waals surface area contributed by atoms with Crippen LogP contribution in [0.15, 0.2) is 243 Å². The number of benzene rings is 11. The Morgan fingerprint density at radius 2 is 0.667 bits per heavy atom. The maximum absolute atomic E-state index is 2.43. The smallest absolute Gasteiger partial charge is 0.0541 e. The van der Waals surface area contributed by atoms with Gasteiger partial charge in [0.1, 0.15) is 0 Å². The summed E-state index contributed by atoms with van der Waals surface area (Å²) in [6.07, 6.45) is 0. The largest absolute Gasteiger partial charge is 0.309 e. The van der Waals surface area contributed by atoms with Gasteiger partial charge in [-0.25, -0.2) is 0 Å². The predicted molar refractivity (Wildman–Crippen MR) is 292 cm³/mol. The zero-order chi connectivity index (χ0) is 45.8. The van der Waals surface area contributed by atoms with Crippen molar-refractivity contribution in [1.82, 2.24) is 9.13 Å². The Kier molecular flexibility index (Phi) is 8.66. The molecule has 1 aliphatic carbocycles. The van der Waals surface area contributed by atoms with Gasteiger partial charge in [0.15, 0.2) is 0 Å². The molecule has 0 bridgehead atoms. The van der Waals surface area contributed by atoms with E-state index in [1.165, 1.54) is 133 Å². The Morgan fingerprint density at radius 1 is 0.275 bits per heavy atom. The molecule has 2 heteroatoms. The van der Waals surface area contributed by atoms with Crippen LogP contribution in [0.5, 0.6) is 0 Å². The van der Waals surface area contributed by atoms with Crippen LogP contribution in [-0.4, -0.2) is 9.13 Å². The number of aromatic nitrogens is 2. The molecule has 0 fully saturated rings. The van der Waals surface area contributed by atoms with Gasteiger partial charge in [0.05, 0.1) is 27.8 Å². The molecule has 1 aliphatic rings. The molecule has 2 heterocycles. The Hall–Kier alpha value is -8.72. The summed E-state index contributed by atoms with van der Waals surface area (Å²) in [6, 6.07) is 89.8. The molecule has 0 saturated carbocycles. The molecule has 0 saturated heterocycles. The number of nitrogens with zero attached hydrogens (tertiary/aromatic N) is 2. The fraction of sp³-hybridized carbons (Fsp3) is 0.0448. The van der Waals surface area contributed by atoms with Crippen LogP contribution in [0, 0.1) is 0 Å².